The van der Waals surface area contributed by atoms with Gasteiger partial charge in [-0.15, -0.1) is 0 Å². The normalized spacial score (nSPS) is 21.0. The number of hydrogen-bond donors (Lipinski definition) is 2. The van der Waals surface area contributed by atoms with Crippen molar-refractivity contribution in [3.8, 4) is 0 Å². The Balaban J connectivity index is 1.50. The van der Waals surface area contributed by atoms with Crippen molar-refractivity contribution < 1.29 is 13.9 Å². The fraction of sp³-hybridized carbons (Fsp3) is 0.296. The van der Waals surface area contributed by atoms with Gasteiger partial charge >= 0.3 is 0 Å². The average Bonchev–Trinajstić information content (AvgIpc) is 3.38. The molecule has 2 aromatic carbocycles. The molecule has 186 valence electrons. The Kier molecular flexibility index (Phi) is 6.75. The second-order valence-corrected chi connectivity index (χ2v) is 9.98. The summed E-state index contributed by atoms with van der Waals surface area (Å²) in [6, 6.07) is 8.15. The molecule has 36 heavy (non-hydrogen) atoms. The third-order valence-electron chi connectivity index (χ3n) is 6.55. The topological polar surface area (TPSA) is 79.4 Å². The Morgan fingerprint density at radius 2 is 2.17 bits per heavy atom. The molecule has 0 bridgehead atoms. The summed E-state index contributed by atoms with van der Waals surface area (Å²) in [7, 11) is 3.88. The van der Waals surface area contributed by atoms with E-state index in [-0.39, 0.29) is 16.3 Å². The molecule has 2 heterocycles. The number of carbonyl (C=O) groups excluding carboxylic acids is 1. The minimum absolute atomic E-state index is 0.0110. The smallest absolute Gasteiger partial charge is 0.248 e. The Morgan fingerprint density at radius 1 is 1.31 bits per heavy atom. The molecule has 7 nitrogen and oxygen atoms in total. The Bertz CT molecular complexity index is 1380. The van der Waals surface area contributed by atoms with Crippen LogP contribution in [0.5, 0.6) is 0 Å². The highest BCUT2D eigenvalue weighted by Crippen LogP contribution is 2.58. The van der Waals surface area contributed by atoms with Crippen molar-refractivity contribution in [2.24, 2.45) is 11.3 Å². The van der Waals surface area contributed by atoms with E-state index < -0.39 is 5.82 Å². The number of likely N-dealkylation sites (N-methyl/N-ethyl adjacent to an activating group) is 1. The van der Waals surface area contributed by atoms with Gasteiger partial charge in [0.25, 0.3) is 0 Å². The summed E-state index contributed by atoms with van der Waals surface area (Å²) >= 11 is 5.94. The quantitative estimate of drug-likeness (QED) is 0.404. The van der Waals surface area contributed by atoms with Crippen LogP contribution in [0.4, 0.5) is 21.6 Å². The zero-order chi connectivity index (χ0) is 25.3. The Labute approximate surface area is 214 Å². The van der Waals surface area contributed by atoms with Crippen LogP contribution in [0.3, 0.4) is 0 Å². The first-order valence-corrected chi connectivity index (χ1v) is 12.1. The fourth-order valence-electron chi connectivity index (χ4n) is 4.42. The van der Waals surface area contributed by atoms with E-state index in [4.69, 9.17) is 16.3 Å². The van der Waals surface area contributed by atoms with Gasteiger partial charge in [0.15, 0.2) is 0 Å². The standard InChI is InChI=1S/C27H27ClFN5O2/c1-34(2)9-3-4-25(35)33-23-12-20-24(10-17(23)7-8-27-13-18(27)14-36-15-27)30-16-31-26(20)32-19-5-6-22(29)21(28)11-19/h3-8,10-12,16,18H,9,13-15H2,1-2H3,(H,33,35)(H,30,31,32)/b4-3+,8-7+/t18-,27+/m1/s1. The van der Waals surface area contributed by atoms with Crippen LogP contribution >= 0.6 is 11.6 Å². The lowest BCUT2D eigenvalue weighted by Crippen LogP contribution is -2.13. The SMILES string of the molecule is CN(C)C/C=C/C(=O)Nc1cc2c(Nc3ccc(F)c(Cl)c3)ncnc2cc1/C=C/[C@]12COC[C@H]1C2. The summed E-state index contributed by atoms with van der Waals surface area (Å²) in [5.41, 5.74) is 2.87. The molecule has 1 aliphatic carbocycles. The second kappa shape index (κ2) is 9.97. The van der Waals surface area contributed by atoms with E-state index in [1.165, 1.54) is 24.5 Å². The number of amides is 1. The zero-order valence-electron chi connectivity index (χ0n) is 20.1. The van der Waals surface area contributed by atoms with Crippen molar-refractivity contribution in [2.45, 2.75) is 6.42 Å². The van der Waals surface area contributed by atoms with Crippen LogP contribution in [0.1, 0.15) is 12.0 Å². The summed E-state index contributed by atoms with van der Waals surface area (Å²) < 4.78 is 19.2. The second-order valence-electron chi connectivity index (χ2n) is 9.57. The van der Waals surface area contributed by atoms with Crippen molar-refractivity contribution >= 4 is 51.7 Å². The van der Waals surface area contributed by atoms with Crippen molar-refractivity contribution in [1.29, 1.82) is 0 Å². The van der Waals surface area contributed by atoms with Gasteiger partial charge in [0.2, 0.25) is 5.91 Å². The molecule has 2 N–H and O–H groups in total. The van der Waals surface area contributed by atoms with E-state index in [2.05, 4.69) is 26.7 Å². The van der Waals surface area contributed by atoms with E-state index >= 15 is 0 Å². The highest BCUT2D eigenvalue weighted by atomic mass is 35.5. The highest BCUT2D eigenvalue weighted by molar-refractivity contribution is 6.31. The summed E-state index contributed by atoms with van der Waals surface area (Å²) in [6.07, 6.45) is 10.2. The minimum atomic E-state index is -0.497. The van der Waals surface area contributed by atoms with Crippen LogP contribution in [-0.4, -0.2) is 54.6 Å². The van der Waals surface area contributed by atoms with Gasteiger partial charge in [-0.2, -0.15) is 0 Å². The first-order valence-electron chi connectivity index (χ1n) is 11.7. The Hall–Kier alpha value is -3.33. The average molecular weight is 508 g/mol. The molecule has 1 aromatic heterocycles. The van der Waals surface area contributed by atoms with Gasteiger partial charge in [0.1, 0.15) is 18.0 Å². The number of aromatic nitrogens is 2. The van der Waals surface area contributed by atoms with E-state index in [9.17, 15) is 9.18 Å². The number of benzene rings is 2. The number of rotatable bonds is 8. The number of anilines is 3. The van der Waals surface area contributed by atoms with Crippen LogP contribution in [-0.2, 0) is 9.53 Å². The first-order chi connectivity index (χ1) is 17.3. The van der Waals surface area contributed by atoms with Crippen molar-refractivity contribution in [3.63, 3.8) is 0 Å². The molecule has 1 saturated heterocycles. The summed E-state index contributed by atoms with van der Waals surface area (Å²) in [5.74, 6) is 0.363. The number of carbonyl (C=O) groups is 1. The molecule has 1 saturated carbocycles. The lowest BCUT2D eigenvalue weighted by molar-refractivity contribution is -0.111. The van der Waals surface area contributed by atoms with Crippen molar-refractivity contribution in [1.82, 2.24) is 14.9 Å². The van der Waals surface area contributed by atoms with Crippen LogP contribution in [0.25, 0.3) is 17.0 Å². The van der Waals surface area contributed by atoms with Crippen LogP contribution in [0, 0.1) is 17.2 Å². The van der Waals surface area contributed by atoms with E-state index in [1.807, 2.05) is 43.3 Å². The number of nitrogens with one attached hydrogen (secondary N) is 2. The maximum Gasteiger partial charge on any atom is 0.248 e. The zero-order valence-corrected chi connectivity index (χ0v) is 20.8. The van der Waals surface area contributed by atoms with Gasteiger partial charge in [-0.1, -0.05) is 29.8 Å². The third kappa shape index (κ3) is 5.26. The van der Waals surface area contributed by atoms with Crippen LogP contribution < -0.4 is 10.6 Å². The number of nitrogens with zero attached hydrogens (tertiary/aromatic N) is 3. The molecular weight excluding hydrogens is 481 g/mol. The molecule has 1 aliphatic heterocycles. The third-order valence-corrected chi connectivity index (χ3v) is 6.84. The molecule has 9 heteroatoms. The van der Waals surface area contributed by atoms with Gasteiger partial charge in [-0.3, -0.25) is 4.79 Å². The summed E-state index contributed by atoms with van der Waals surface area (Å²) in [5, 5.41) is 6.90. The van der Waals surface area contributed by atoms with E-state index in [0.717, 1.165) is 25.2 Å². The predicted octanol–water partition coefficient (Wildman–Crippen LogP) is 5.27. The molecule has 1 amide bonds. The first kappa shape index (κ1) is 24.4. The van der Waals surface area contributed by atoms with Gasteiger partial charge < -0.3 is 20.3 Å². The van der Waals surface area contributed by atoms with Crippen LogP contribution in [0.15, 0.2) is 54.9 Å². The molecule has 2 aliphatic rings. The molecule has 0 spiro atoms. The number of halogens is 2. The fourth-order valence-corrected chi connectivity index (χ4v) is 4.60. The minimum Gasteiger partial charge on any atom is -0.380 e. The molecule has 3 aromatic rings. The summed E-state index contributed by atoms with van der Waals surface area (Å²) in [4.78, 5) is 23.5. The molecular formula is C27H27ClFN5O2. The molecule has 0 unspecified atom stereocenters. The molecule has 0 radical (unpaired) electrons. The van der Waals surface area contributed by atoms with Gasteiger partial charge in [-0.05, 0) is 62.3 Å². The molecule has 2 fully saturated rings. The van der Waals surface area contributed by atoms with Gasteiger partial charge in [-0.25, -0.2) is 14.4 Å². The monoisotopic (exact) mass is 507 g/mol. The van der Waals surface area contributed by atoms with Gasteiger partial charge in [0.05, 0.1) is 23.8 Å². The number of ether oxygens (including phenoxy) is 1. The lowest BCUT2D eigenvalue weighted by Gasteiger charge is -2.13. The molecule has 5 rings (SSSR count). The van der Waals surface area contributed by atoms with Crippen LogP contribution in [0.2, 0.25) is 5.02 Å². The number of hydrogen-bond acceptors (Lipinski definition) is 6. The largest absolute Gasteiger partial charge is 0.380 e. The van der Waals surface area contributed by atoms with E-state index in [1.54, 1.807) is 6.07 Å². The summed E-state index contributed by atoms with van der Waals surface area (Å²) in [6.45, 7) is 2.19. The Morgan fingerprint density at radius 3 is 2.89 bits per heavy atom. The highest BCUT2D eigenvalue weighted by Gasteiger charge is 2.56. The van der Waals surface area contributed by atoms with Gasteiger partial charge in [0, 0.05) is 34.8 Å². The van der Waals surface area contributed by atoms with Crippen molar-refractivity contribution in [3.05, 3.63) is 71.3 Å². The number of fused-ring (bicyclic) bond motifs is 2. The van der Waals surface area contributed by atoms with Crippen molar-refractivity contribution in [2.75, 3.05) is 44.5 Å². The lowest BCUT2D eigenvalue weighted by atomic mass is 10.0. The van der Waals surface area contributed by atoms with E-state index in [0.29, 0.717) is 40.6 Å². The maximum absolute atomic E-state index is 13.6. The predicted molar refractivity (Wildman–Crippen MR) is 141 cm³/mol. The maximum atomic E-state index is 13.6. The molecule has 2 atom stereocenters.